The maximum absolute atomic E-state index is 12.9. The van der Waals surface area contributed by atoms with Gasteiger partial charge >= 0.3 is 0 Å². The van der Waals surface area contributed by atoms with Crippen LogP contribution in [-0.2, 0) is 4.79 Å². The van der Waals surface area contributed by atoms with Crippen molar-refractivity contribution < 1.29 is 19.0 Å². The van der Waals surface area contributed by atoms with E-state index in [0.29, 0.717) is 24.0 Å². The van der Waals surface area contributed by atoms with Gasteiger partial charge in [0.25, 0.3) is 5.91 Å². The van der Waals surface area contributed by atoms with Crippen LogP contribution in [-0.4, -0.2) is 57.3 Å². The van der Waals surface area contributed by atoms with E-state index in [1.807, 2.05) is 24.3 Å². The average Bonchev–Trinajstić information content (AvgIpc) is 3.34. The number of benzene rings is 2. The number of hydrogen-bond acceptors (Lipinski definition) is 5. The van der Waals surface area contributed by atoms with Crippen molar-refractivity contribution in [3.8, 4) is 17.2 Å². The van der Waals surface area contributed by atoms with Crippen molar-refractivity contribution in [2.45, 2.75) is 44.1 Å². The van der Waals surface area contributed by atoms with Crippen molar-refractivity contribution in [2.24, 2.45) is 5.92 Å². The largest absolute Gasteiger partial charge is 0.497 e. The number of amides is 1. The Bertz CT molecular complexity index is 1060. The Balaban J connectivity index is 1.08. The van der Waals surface area contributed by atoms with Gasteiger partial charge in [-0.25, -0.2) is 0 Å². The van der Waals surface area contributed by atoms with Gasteiger partial charge in [-0.2, -0.15) is 0 Å². The molecule has 0 radical (unpaired) electrons. The Morgan fingerprint density at radius 3 is 2.49 bits per heavy atom. The molecule has 1 N–H and O–H groups in total. The van der Waals surface area contributed by atoms with Gasteiger partial charge in [-0.05, 0) is 99.0 Å². The van der Waals surface area contributed by atoms with Gasteiger partial charge in [-0.15, -0.1) is 0 Å². The lowest BCUT2D eigenvalue weighted by Crippen LogP contribution is -2.38. The molecular weight excluding hydrogens is 440 g/mol. The quantitative estimate of drug-likeness (QED) is 0.631. The third kappa shape index (κ3) is 5.64. The average molecular weight is 477 g/mol. The minimum atomic E-state index is -0.00979. The van der Waals surface area contributed by atoms with Crippen molar-refractivity contribution in [3.63, 3.8) is 0 Å². The maximum atomic E-state index is 12.9. The van der Waals surface area contributed by atoms with E-state index in [2.05, 4.69) is 34.5 Å². The summed E-state index contributed by atoms with van der Waals surface area (Å²) in [6, 6.07) is 14.5. The normalized spacial score (nSPS) is 22.6. The number of methoxy groups -OCH3 is 2. The van der Waals surface area contributed by atoms with E-state index in [0.717, 1.165) is 55.3 Å². The highest BCUT2D eigenvalue weighted by Gasteiger charge is 2.30. The third-order valence-electron chi connectivity index (χ3n) is 7.79. The van der Waals surface area contributed by atoms with Gasteiger partial charge in [0.2, 0.25) is 0 Å². The van der Waals surface area contributed by atoms with Gasteiger partial charge in [-0.1, -0.05) is 12.1 Å². The second-order valence-electron chi connectivity index (χ2n) is 10.1. The molecule has 5 rings (SSSR count). The number of likely N-dealkylation sites (tertiary alicyclic amines) is 1. The molecule has 1 saturated carbocycles. The Kier molecular flexibility index (Phi) is 7.28. The molecule has 1 aliphatic carbocycles. The second kappa shape index (κ2) is 10.7. The van der Waals surface area contributed by atoms with Gasteiger partial charge in [-0.3, -0.25) is 4.79 Å². The number of fused-ring (bicyclic) bond motifs is 1. The van der Waals surface area contributed by atoms with Crippen LogP contribution in [0.1, 0.15) is 49.1 Å². The number of nitrogens with one attached hydrogen (secondary N) is 1. The lowest BCUT2D eigenvalue weighted by atomic mass is 9.89. The van der Waals surface area contributed by atoms with Gasteiger partial charge in [0.05, 0.1) is 19.8 Å². The fraction of sp³-hybridized carbons (Fsp3) is 0.483. The van der Waals surface area contributed by atoms with Crippen LogP contribution < -0.4 is 19.5 Å². The maximum Gasteiger partial charge on any atom is 0.250 e. The van der Waals surface area contributed by atoms with Crippen molar-refractivity contribution >= 4 is 12.0 Å². The van der Waals surface area contributed by atoms with Gasteiger partial charge in [0, 0.05) is 18.2 Å². The summed E-state index contributed by atoms with van der Waals surface area (Å²) in [5.41, 5.74) is 2.99. The summed E-state index contributed by atoms with van der Waals surface area (Å²) in [5.74, 6) is 3.76. The molecule has 2 aliphatic heterocycles. The molecule has 0 bridgehead atoms. The van der Waals surface area contributed by atoms with Crippen LogP contribution in [0.25, 0.3) is 6.08 Å². The molecule has 186 valence electrons. The summed E-state index contributed by atoms with van der Waals surface area (Å²) in [6.45, 7) is 3.75. The molecular formula is C29H36N2O4. The van der Waals surface area contributed by atoms with Crippen molar-refractivity contribution in [1.29, 1.82) is 0 Å². The molecule has 6 nitrogen and oxygen atoms in total. The fourth-order valence-corrected chi connectivity index (χ4v) is 5.75. The van der Waals surface area contributed by atoms with Gasteiger partial charge in [0.15, 0.2) is 0 Å². The minimum Gasteiger partial charge on any atom is -0.497 e. The van der Waals surface area contributed by atoms with Crippen LogP contribution in [0.4, 0.5) is 0 Å². The highest BCUT2D eigenvalue weighted by atomic mass is 16.5. The summed E-state index contributed by atoms with van der Waals surface area (Å²) in [5, 5.41) is 3.27. The van der Waals surface area contributed by atoms with E-state index < -0.39 is 0 Å². The van der Waals surface area contributed by atoms with Gasteiger partial charge in [0.1, 0.15) is 23.9 Å². The molecule has 3 aliphatic rings. The molecule has 2 atom stereocenters. The Morgan fingerprint density at radius 2 is 1.74 bits per heavy atom. The SMILES string of the molecule is COc1ccc(C2CCN(C[C@H]3CC[C@@H](NC(=O)C4=Cc5cc(OC)ccc5OC4)C3)CC2)cc1. The zero-order chi connectivity index (χ0) is 24.2. The van der Waals surface area contributed by atoms with E-state index in [1.165, 1.54) is 24.8 Å². The molecule has 2 heterocycles. The number of nitrogens with zero attached hydrogens (tertiary/aromatic N) is 1. The number of piperidine rings is 1. The highest BCUT2D eigenvalue weighted by Crippen LogP contribution is 2.33. The molecule has 1 saturated heterocycles. The van der Waals surface area contributed by atoms with E-state index in [9.17, 15) is 4.79 Å². The first-order valence-corrected chi connectivity index (χ1v) is 12.8. The monoisotopic (exact) mass is 476 g/mol. The lowest BCUT2D eigenvalue weighted by Gasteiger charge is -2.33. The molecule has 2 fully saturated rings. The van der Waals surface area contributed by atoms with E-state index >= 15 is 0 Å². The number of carbonyl (C=O) groups is 1. The lowest BCUT2D eigenvalue weighted by molar-refractivity contribution is -0.118. The van der Waals surface area contributed by atoms with Crippen molar-refractivity contribution in [3.05, 3.63) is 59.2 Å². The minimum absolute atomic E-state index is 0.00979. The van der Waals surface area contributed by atoms with E-state index in [-0.39, 0.29) is 11.9 Å². The summed E-state index contributed by atoms with van der Waals surface area (Å²) < 4.78 is 16.4. The van der Waals surface area contributed by atoms with Crippen LogP contribution in [0.3, 0.4) is 0 Å². The first kappa shape index (κ1) is 23.7. The van der Waals surface area contributed by atoms with Crippen molar-refractivity contribution in [1.82, 2.24) is 10.2 Å². The second-order valence-corrected chi connectivity index (χ2v) is 10.1. The van der Waals surface area contributed by atoms with Crippen molar-refractivity contribution in [2.75, 3.05) is 40.5 Å². The first-order valence-electron chi connectivity index (χ1n) is 12.8. The molecule has 0 aromatic heterocycles. The van der Waals surface area contributed by atoms with E-state index in [1.54, 1.807) is 14.2 Å². The Hall–Kier alpha value is -2.99. The van der Waals surface area contributed by atoms with Crippen LogP contribution >= 0.6 is 0 Å². The molecule has 2 aromatic carbocycles. The smallest absolute Gasteiger partial charge is 0.250 e. The van der Waals surface area contributed by atoms with E-state index in [4.69, 9.17) is 14.2 Å². The predicted molar refractivity (Wildman–Crippen MR) is 137 cm³/mol. The number of ether oxygens (including phenoxy) is 3. The topological polar surface area (TPSA) is 60.0 Å². The molecule has 0 spiro atoms. The zero-order valence-electron chi connectivity index (χ0n) is 20.8. The zero-order valence-corrected chi connectivity index (χ0v) is 20.8. The third-order valence-corrected chi connectivity index (χ3v) is 7.79. The predicted octanol–water partition coefficient (Wildman–Crippen LogP) is 4.64. The number of carbonyl (C=O) groups excluding carboxylic acids is 1. The molecule has 6 heteroatoms. The fourth-order valence-electron chi connectivity index (χ4n) is 5.75. The van der Waals surface area contributed by atoms with Crippen LogP contribution in [0.5, 0.6) is 17.2 Å². The number of hydrogen-bond donors (Lipinski definition) is 1. The Labute approximate surface area is 208 Å². The molecule has 0 unspecified atom stereocenters. The summed E-state index contributed by atoms with van der Waals surface area (Å²) in [7, 11) is 3.35. The molecule has 1 amide bonds. The Morgan fingerprint density at radius 1 is 1.00 bits per heavy atom. The van der Waals surface area contributed by atoms with Crippen LogP contribution in [0, 0.1) is 5.92 Å². The summed E-state index contributed by atoms with van der Waals surface area (Å²) in [6.07, 6.45) is 7.63. The van der Waals surface area contributed by atoms with Crippen LogP contribution in [0.15, 0.2) is 48.0 Å². The number of rotatable bonds is 7. The highest BCUT2D eigenvalue weighted by molar-refractivity contribution is 5.99. The summed E-state index contributed by atoms with van der Waals surface area (Å²) >= 11 is 0. The molecule has 35 heavy (non-hydrogen) atoms. The summed E-state index contributed by atoms with van der Waals surface area (Å²) in [4.78, 5) is 15.5. The van der Waals surface area contributed by atoms with Gasteiger partial charge < -0.3 is 24.4 Å². The first-order chi connectivity index (χ1) is 17.1. The molecule has 2 aromatic rings. The standard InChI is InChI=1S/C29H36N2O4/c1-33-26-7-4-21(5-8-26)22-11-13-31(14-12-22)18-20-3-6-25(15-20)30-29(32)24-16-23-17-27(34-2)9-10-28(23)35-19-24/h4-5,7-10,16-17,20,22,25H,3,6,11-15,18-19H2,1-2H3,(H,30,32)/t20-,25+/m0/s1. The van der Waals surface area contributed by atoms with Crippen LogP contribution in [0.2, 0.25) is 0 Å².